The molecule has 0 aliphatic carbocycles. The van der Waals surface area contributed by atoms with Gasteiger partial charge in [-0.1, -0.05) is 25.4 Å². The van der Waals surface area contributed by atoms with Crippen molar-refractivity contribution in [2.75, 3.05) is 25.0 Å². The Kier molecular flexibility index (Phi) is 5.76. The molecular formula is C13H18ClN3O3. The maximum absolute atomic E-state index is 11.7. The first-order valence-corrected chi connectivity index (χ1v) is 6.55. The standard InChI is InChI=1S/C13H18ClN3O3/c1-8(2)5-16-12(18)7-17(3)11-4-9(13(19)20)10(14)6-15-11/h4,6,8H,5,7H2,1-3H3,(H,16,18)(H,19,20). The summed E-state index contributed by atoms with van der Waals surface area (Å²) in [6.45, 7) is 4.70. The first-order valence-electron chi connectivity index (χ1n) is 6.18. The number of pyridine rings is 1. The lowest BCUT2D eigenvalue weighted by molar-refractivity contribution is -0.119. The van der Waals surface area contributed by atoms with Crippen LogP contribution in [0.3, 0.4) is 0 Å². The van der Waals surface area contributed by atoms with Gasteiger partial charge in [-0.25, -0.2) is 9.78 Å². The summed E-state index contributed by atoms with van der Waals surface area (Å²) in [7, 11) is 1.66. The number of carbonyl (C=O) groups is 2. The SMILES string of the molecule is CC(C)CNC(=O)CN(C)c1cc(C(=O)O)c(Cl)cn1. The minimum atomic E-state index is -1.13. The molecule has 20 heavy (non-hydrogen) atoms. The average molecular weight is 300 g/mol. The van der Waals surface area contributed by atoms with Gasteiger partial charge in [-0.2, -0.15) is 0 Å². The number of carbonyl (C=O) groups excluding carboxylic acids is 1. The lowest BCUT2D eigenvalue weighted by Crippen LogP contribution is -2.37. The zero-order valence-electron chi connectivity index (χ0n) is 11.7. The quantitative estimate of drug-likeness (QED) is 0.834. The third-order valence-corrected chi connectivity index (χ3v) is 2.85. The van der Waals surface area contributed by atoms with E-state index in [4.69, 9.17) is 16.7 Å². The molecule has 0 spiro atoms. The Bertz CT molecular complexity index is 506. The summed E-state index contributed by atoms with van der Waals surface area (Å²) >= 11 is 5.75. The van der Waals surface area contributed by atoms with E-state index in [0.29, 0.717) is 18.3 Å². The fourth-order valence-electron chi connectivity index (χ4n) is 1.47. The normalized spacial score (nSPS) is 10.4. The van der Waals surface area contributed by atoms with Crippen molar-refractivity contribution in [3.8, 4) is 0 Å². The van der Waals surface area contributed by atoms with Crippen LogP contribution in [0.25, 0.3) is 0 Å². The number of likely N-dealkylation sites (N-methyl/N-ethyl adjacent to an activating group) is 1. The molecule has 110 valence electrons. The van der Waals surface area contributed by atoms with Crippen LogP contribution in [0, 0.1) is 5.92 Å². The van der Waals surface area contributed by atoms with Gasteiger partial charge in [0.1, 0.15) is 5.82 Å². The third kappa shape index (κ3) is 4.70. The van der Waals surface area contributed by atoms with E-state index in [1.54, 1.807) is 11.9 Å². The van der Waals surface area contributed by atoms with Crippen molar-refractivity contribution in [1.82, 2.24) is 10.3 Å². The van der Waals surface area contributed by atoms with Crippen LogP contribution in [0.4, 0.5) is 5.82 Å². The Morgan fingerprint density at radius 2 is 2.15 bits per heavy atom. The molecule has 0 saturated heterocycles. The van der Waals surface area contributed by atoms with Crippen LogP contribution in [0.2, 0.25) is 5.02 Å². The van der Waals surface area contributed by atoms with Gasteiger partial charge in [0.05, 0.1) is 17.1 Å². The number of hydrogen-bond donors (Lipinski definition) is 2. The van der Waals surface area contributed by atoms with Crippen molar-refractivity contribution in [2.24, 2.45) is 5.92 Å². The van der Waals surface area contributed by atoms with Gasteiger partial charge in [0.25, 0.3) is 0 Å². The van der Waals surface area contributed by atoms with E-state index < -0.39 is 5.97 Å². The first kappa shape index (κ1) is 16.2. The van der Waals surface area contributed by atoms with E-state index in [2.05, 4.69) is 10.3 Å². The van der Waals surface area contributed by atoms with Gasteiger partial charge >= 0.3 is 5.97 Å². The van der Waals surface area contributed by atoms with Crippen LogP contribution in [0.1, 0.15) is 24.2 Å². The highest BCUT2D eigenvalue weighted by Gasteiger charge is 2.14. The molecule has 0 aliphatic rings. The fraction of sp³-hybridized carbons (Fsp3) is 0.462. The number of nitrogens with one attached hydrogen (secondary N) is 1. The Labute approximate surface area is 122 Å². The summed E-state index contributed by atoms with van der Waals surface area (Å²) < 4.78 is 0. The molecule has 1 heterocycles. The van der Waals surface area contributed by atoms with E-state index in [-0.39, 0.29) is 23.0 Å². The molecule has 0 aliphatic heterocycles. The molecule has 1 aromatic rings. The van der Waals surface area contributed by atoms with Gasteiger partial charge in [-0.05, 0) is 12.0 Å². The van der Waals surface area contributed by atoms with Crippen molar-refractivity contribution in [1.29, 1.82) is 0 Å². The van der Waals surface area contributed by atoms with Crippen molar-refractivity contribution in [2.45, 2.75) is 13.8 Å². The van der Waals surface area contributed by atoms with E-state index in [9.17, 15) is 9.59 Å². The van der Waals surface area contributed by atoms with Crippen LogP contribution in [-0.4, -0.2) is 42.1 Å². The molecule has 0 fully saturated rings. The zero-order chi connectivity index (χ0) is 15.3. The summed E-state index contributed by atoms with van der Waals surface area (Å²) in [6.07, 6.45) is 1.27. The lowest BCUT2D eigenvalue weighted by Gasteiger charge is -2.18. The molecule has 1 rings (SSSR count). The highest BCUT2D eigenvalue weighted by molar-refractivity contribution is 6.33. The van der Waals surface area contributed by atoms with Crippen LogP contribution in [-0.2, 0) is 4.79 Å². The predicted octanol–water partition coefficient (Wildman–Crippen LogP) is 1.64. The summed E-state index contributed by atoms with van der Waals surface area (Å²) in [5.74, 6) is -0.519. The number of carboxylic acids is 1. The van der Waals surface area contributed by atoms with Crippen LogP contribution < -0.4 is 10.2 Å². The number of rotatable bonds is 6. The van der Waals surface area contributed by atoms with E-state index >= 15 is 0 Å². The van der Waals surface area contributed by atoms with Crippen molar-refractivity contribution in [3.05, 3.63) is 22.8 Å². The second kappa shape index (κ2) is 7.09. The summed E-state index contributed by atoms with van der Waals surface area (Å²) in [4.78, 5) is 28.3. The number of amides is 1. The molecule has 0 unspecified atom stereocenters. The molecule has 0 bridgehead atoms. The number of aromatic carboxylic acids is 1. The van der Waals surface area contributed by atoms with Crippen LogP contribution in [0.5, 0.6) is 0 Å². The highest BCUT2D eigenvalue weighted by Crippen LogP contribution is 2.19. The Morgan fingerprint density at radius 1 is 1.50 bits per heavy atom. The lowest BCUT2D eigenvalue weighted by atomic mass is 10.2. The molecule has 0 saturated carbocycles. The monoisotopic (exact) mass is 299 g/mol. The van der Waals surface area contributed by atoms with Gasteiger partial charge in [0.2, 0.25) is 5.91 Å². The van der Waals surface area contributed by atoms with Gasteiger partial charge < -0.3 is 15.3 Å². The predicted molar refractivity (Wildman–Crippen MR) is 77.3 cm³/mol. The molecule has 0 radical (unpaired) electrons. The molecule has 2 N–H and O–H groups in total. The largest absolute Gasteiger partial charge is 0.478 e. The van der Waals surface area contributed by atoms with Crippen LogP contribution >= 0.6 is 11.6 Å². The number of carboxylic acid groups (broad SMARTS) is 1. The Morgan fingerprint density at radius 3 is 2.70 bits per heavy atom. The Hall–Kier alpha value is -1.82. The minimum absolute atomic E-state index is 0.0360. The summed E-state index contributed by atoms with van der Waals surface area (Å²) in [5.41, 5.74) is -0.0360. The van der Waals surface area contributed by atoms with Gasteiger partial charge in [-0.15, -0.1) is 0 Å². The van der Waals surface area contributed by atoms with Gasteiger partial charge in [-0.3, -0.25) is 4.79 Å². The molecule has 0 aromatic carbocycles. The number of aromatic nitrogens is 1. The molecule has 1 amide bonds. The topological polar surface area (TPSA) is 82.5 Å². The molecule has 0 atom stereocenters. The van der Waals surface area contributed by atoms with Crippen molar-refractivity contribution < 1.29 is 14.7 Å². The first-order chi connectivity index (χ1) is 9.31. The van der Waals surface area contributed by atoms with E-state index in [1.165, 1.54) is 12.3 Å². The Balaban J connectivity index is 2.72. The van der Waals surface area contributed by atoms with Crippen LogP contribution in [0.15, 0.2) is 12.3 Å². The smallest absolute Gasteiger partial charge is 0.337 e. The average Bonchev–Trinajstić information content (AvgIpc) is 2.36. The highest BCUT2D eigenvalue weighted by atomic mass is 35.5. The molecule has 7 heteroatoms. The van der Waals surface area contributed by atoms with Crippen molar-refractivity contribution >= 4 is 29.3 Å². The van der Waals surface area contributed by atoms with Gasteiger partial charge in [0, 0.05) is 19.8 Å². The molecule has 6 nitrogen and oxygen atoms in total. The number of nitrogens with zero attached hydrogens (tertiary/aromatic N) is 2. The van der Waals surface area contributed by atoms with E-state index in [0.717, 1.165) is 0 Å². The number of hydrogen-bond acceptors (Lipinski definition) is 4. The van der Waals surface area contributed by atoms with Gasteiger partial charge in [0.15, 0.2) is 0 Å². The second-order valence-electron chi connectivity index (χ2n) is 4.88. The maximum atomic E-state index is 11.7. The molecule has 1 aromatic heterocycles. The minimum Gasteiger partial charge on any atom is -0.478 e. The van der Waals surface area contributed by atoms with Crippen molar-refractivity contribution in [3.63, 3.8) is 0 Å². The van der Waals surface area contributed by atoms with E-state index in [1.807, 2.05) is 13.8 Å². The molecular weight excluding hydrogens is 282 g/mol. The maximum Gasteiger partial charge on any atom is 0.337 e. The zero-order valence-corrected chi connectivity index (χ0v) is 12.4. The third-order valence-electron chi connectivity index (χ3n) is 2.55. The summed E-state index contributed by atoms with van der Waals surface area (Å²) in [5, 5.41) is 11.8. The summed E-state index contributed by atoms with van der Waals surface area (Å²) in [6, 6.07) is 1.35. The number of anilines is 1. The second-order valence-corrected chi connectivity index (χ2v) is 5.29. The fourth-order valence-corrected chi connectivity index (χ4v) is 1.65. The number of halogens is 1.